The Morgan fingerprint density at radius 1 is 1.53 bits per heavy atom. The summed E-state index contributed by atoms with van der Waals surface area (Å²) in [4.78, 5) is 26.6. The number of amides is 1. The van der Waals surface area contributed by atoms with Gasteiger partial charge in [0, 0.05) is 18.0 Å². The molecule has 0 bridgehead atoms. The molecule has 0 spiro atoms. The van der Waals surface area contributed by atoms with Gasteiger partial charge in [0.1, 0.15) is 6.04 Å². The summed E-state index contributed by atoms with van der Waals surface area (Å²) >= 11 is 0. The first-order valence-corrected chi connectivity index (χ1v) is 5.70. The quantitative estimate of drug-likeness (QED) is 0.457. The van der Waals surface area contributed by atoms with Crippen molar-refractivity contribution in [3.63, 3.8) is 0 Å². The highest BCUT2D eigenvalue weighted by molar-refractivity contribution is 5.82. The highest BCUT2D eigenvalue weighted by Crippen LogP contribution is 2.15. The zero-order chi connectivity index (χ0) is 12.7. The zero-order valence-corrected chi connectivity index (χ0v) is 9.58. The second-order valence-electron chi connectivity index (χ2n) is 4.04. The van der Waals surface area contributed by atoms with Gasteiger partial charge in [0.05, 0.1) is 6.42 Å². The highest BCUT2D eigenvalue weighted by atomic mass is 16.4. The predicted octanol–water partition coefficient (Wildman–Crippen LogP) is 1.54. The molecule has 0 saturated carbocycles. The lowest BCUT2D eigenvalue weighted by Crippen LogP contribution is -2.41. The van der Waals surface area contributed by atoms with E-state index in [2.05, 4.69) is 10.0 Å². The van der Waals surface area contributed by atoms with Gasteiger partial charge in [-0.05, 0) is 18.4 Å². The molecule has 1 amide bonds. The highest BCUT2D eigenvalue weighted by Gasteiger charge is 2.24. The van der Waals surface area contributed by atoms with Gasteiger partial charge in [-0.3, -0.25) is 9.59 Å². The number of nitrogens with zero attached hydrogens (tertiary/aromatic N) is 4. The molecule has 1 N–H and O–H groups in total. The smallest absolute Gasteiger partial charge is 0.305 e. The van der Waals surface area contributed by atoms with Gasteiger partial charge in [0.15, 0.2) is 0 Å². The molecule has 1 atom stereocenters. The van der Waals surface area contributed by atoms with Gasteiger partial charge in [-0.1, -0.05) is 18.0 Å². The standard InChI is InChI=1S/C10H16N4O3/c11-13-12-8-4-2-1-3-6-14(10(8)17)7-5-9(15)16/h8H,1-7H2,(H,15,16). The summed E-state index contributed by atoms with van der Waals surface area (Å²) in [6.45, 7) is 0.731. The number of aliphatic carboxylic acids is 1. The van der Waals surface area contributed by atoms with E-state index < -0.39 is 12.0 Å². The molecule has 1 heterocycles. The molecule has 1 rings (SSSR count). The minimum absolute atomic E-state index is 0.0747. The Hall–Kier alpha value is -1.75. The lowest BCUT2D eigenvalue weighted by Gasteiger charge is -2.27. The van der Waals surface area contributed by atoms with E-state index in [1.165, 1.54) is 4.90 Å². The fourth-order valence-electron chi connectivity index (χ4n) is 1.88. The molecular formula is C10H16N4O3. The van der Waals surface area contributed by atoms with Gasteiger partial charge < -0.3 is 10.0 Å². The molecule has 1 unspecified atom stereocenters. The van der Waals surface area contributed by atoms with Crippen molar-refractivity contribution < 1.29 is 14.7 Å². The van der Waals surface area contributed by atoms with Crippen molar-refractivity contribution in [3.05, 3.63) is 10.4 Å². The zero-order valence-electron chi connectivity index (χ0n) is 9.58. The van der Waals surface area contributed by atoms with Crippen LogP contribution in [0.15, 0.2) is 5.11 Å². The monoisotopic (exact) mass is 240 g/mol. The molecule has 0 radical (unpaired) electrons. The second kappa shape index (κ2) is 6.75. The summed E-state index contributed by atoms with van der Waals surface area (Å²) in [6.07, 6.45) is 3.17. The summed E-state index contributed by atoms with van der Waals surface area (Å²) in [6, 6.07) is -0.672. The van der Waals surface area contributed by atoms with Gasteiger partial charge in [0.25, 0.3) is 0 Å². The van der Waals surface area contributed by atoms with Gasteiger partial charge in [-0.15, -0.1) is 0 Å². The molecule has 17 heavy (non-hydrogen) atoms. The van der Waals surface area contributed by atoms with Crippen molar-refractivity contribution in [2.75, 3.05) is 13.1 Å². The molecule has 0 aromatic carbocycles. The van der Waals surface area contributed by atoms with Crippen molar-refractivity contribution in [3.8, 4) is 0 Å². The van der Waals surface area contributed by atoms with Crippen LogP contribution in [-0.4, -0.2) is 41.0 Å². The Balaban J connectivity index is 2.66. The van der Waals surface area contributed by atoms with E-state index >= 15 is 0 Å². The van der Waals surface area contributed by atoms with Crippen molar-refractivity contribution in [1.82, 2.24) is 4.90 Å². The Morgan fingerprint density at radius 2 is 2.29 bits per heavy atom. The Kier molecular flexibility index (Phi) is 5.29. The fourth-order valence-corrected chi connectivity index (χ4v) is 1.88. The number of azide groups is 1. The van der Waals surface area contributed by atoms with Crippen LogP contribution in [0.1, 0.15) is 32.1 Å². The Labute approximate surface area is 99.0 Å². The fraction of sp³-hybridized carbons (Fsp3) is 0.800. The van der Waals surface area contributed by atoms with E-state index in [1.54, 1.807) is 0 Å². The molecule has 0 aromatic heterocycles. The maximum Gasteiger partial charge on any atom is 0.305 e. The minimum atomic E-state index is -0.930. The number of rotatable bonds is 4. The molecular weight excluding hydrogens is 224 g/mol. The van der Waals surface area contributed by atoms with Crippen LogP contribution in [0.3, 0.4) is 0 Å². The molecule has 0 aliphatic carbocycles. The van der Waals surface area contributed by atoms with E-state index in [4.69, 9.17) is 10.6 Å². The van der Waals surface area contributed by atoms with E-state index in [9.17, 15) is 9.59 Å². The van der Waals surface area contributed by atoms with Crippen LogP contribution in [0, 0.1) is 0 Å². The summed E-state index contributed by atoms with van der Waals surface area (Å²) in [5.41, 5.74) is 8.40. The first-order valence-electron chi connectivity index (χ1n) is 5.70. The van der Waals surface area contributed by atoms with Gasteiger partial charge in [-0.25, -0.2) is 0 Å². The van der Waals surface area contributed by atoms with Crippen LogP contribution < -0.4 is 0 Å². The number of hydrogen-bond donors (Lipinski definition) is 1. The third-order valence-corrected chi connectivity index (χ3v) is 2.79. The average Bonchev–Trinajstić information content (AvgIpc) is 2.28. The molecule has 94 valence electrons. The first kappa shape index (κ1) is 13.3. The molecule has 1 saturated heterocycles. The Morgan fingerprint density at radius 3 is 2.94 bits per heavy atom. The maximum atomic E-state index is 12.0. The van der Waals surface area contributed by atoms with Crippen molar-refractivity contribution >= 4 is 11.9 Å². The van der Waals surface area contributed by atoms with Crippen molar-refractivity contribution in [2.45, 2.75) is 38.1 Å². The van der Waals surface area contributed by atoms with Crippen molar-refractivity contribution in [1.29, 1.82) is 0 Å². The Bertz CT molecular complexity index is 338. The summed E-state index contributed by atoms with van der Waals surface area (Å²) in [5.74, 6) is -1.18. The number of carbonyl (C=O) groups excluding carboxylic acids is 1. The maximum absolute atomic E-state index is 12.0. The van der Waals surface area contributed by atoms with Crippen LogP contribution in [0.2, 0.25) is 0 Å². The topological polar surface area (TPSA) is 106 Å². The lowest BCUT2D eigenvalue weighted by molar-refractivity contribution is -0.139. The largest absolute Gasteiger partial charge is 0.481 e. The van der Waals surface area contributed by atoms with E-state index in [0.29, 0.717) is 13.0 Å². The predicted molar refractivity (Wildman–Crippen MR) is 60.2 cm³/mol. The second-order valence-corrected chi connectivity index (χ2v) is 4.04. The number of carboxylic acids is 1. The van der Waals surface area contributed by atoms with Crippen molar-refractivity contribution in [2.24, 2.45) is 5.11 Å². The van der Waals surface area contributed by atoms with Gasteiger partial charge >= 0.3 is 5.97 Å². The molecule has 1 fully saturated rings. The van der Waals surface area contributed by atoms with Crippen LogP contribution in [0.25, 0.3) is 10.4 Å². The molecule has 7 nitrogen and oxygen atoms in total. The number of likely N-dealkylation sites (tertiary alicyclic amines) is 1. The molecule has 1 aliphatic heterocycles. The summed E-state index contributed by atoms with van der Waals surface area (Å²) in [7, 11) is 0. The van der Waals surface area contributed by atoms with Crippen LogP contribution >= 0.6 is 0 Å². The summed E-state index contributed by atoms with van der Waals surface area (Å²) in [5, 5.41) is 12.1. The van der Waals surface area contributed by atoms with E-state index in [-0.39, 0.29) is 18.9 Å². The van der Waals surface area contributed by atoms with Crippen LogP contribution in [0.5, 0.6) is 0 Å². The van der Waals surface area contributed by atoms with Crippen LogP contribution in [0.4, 0.5) is 0 Å². The van der Waals surface area contributed by atoms with Gasteiger partial charge in [-0.2, -0.15) is 0 Å². The first-order chi connectivity index (χ1) is 8.15. The third kappa shape index (κ3) is 4.32. The third-order valence-electron chi connectivity index (χ3n) is 2.79. The molecule has 7 heteroatoms. The number of carboxylic acid groups (broad SMARTS) is 1. The van der Waals surface area contributed by atoms with E-state index in [0.717, 1.165) is 19.3 Å². The number of hydrogen-bond acceptors (Lipinski definition) is 3. The average molecular weight is 240 g/mol. The van der Waals surface area contributed by atoms with E-state index in [1.807, 2.05) is 0 Å². The minimum Gasteiger partial charge on any atom is -0.481 e. The molecule has 1 aliphatic rings. The van der Waals surface area contributed by atoms with Crippen LogP contribution in [-0.2, 0) is 9.59 Å². The normalized spacial score (nSPS) is 21.3. The molecule has 0 aromatic rings. The SMILES string of the molecule is [N-]=[N+]=NC1CCCCCN(CCC(=O)O)C1=O. The summed E-state index contributed by atoms with van der Waals surface area (Å²) < 4.78 is 0. The lowest BCUT2D eigenvalue weighted by atomic mass is 10.0. The number of carbonyl (C=O) groups is 2. The van der Waals surface area contributed by atoms with Gasteiger partial charge in [0.2, 0.25) is 5.91 Å².